The molecule has 0 aliphatic heterocycles. The van der Waals surface area contributed by atoms with Gasteiger partial charge in [0.05, 0.1) is 6.42 Å². The number of Topliss-reactive ketones (excluding diaryl/α,β-unsaturated/α-hetero) is 1. The minimum atomic E-state index is -4.98. The van der Waals surface area contributed by atoms with Crippen molar-refractivity contribution >= 4 is 5.78 Å². The standard InChI is InChI=1S/C11H13F3N2O2/c1-3-5-16-6-4-15-9(16)10(18,7-8(2)17)11(12,13)14/h3-4,6,18H,1,5,7H2,2H3/t10-/m1/s1. The van der Waals surface area contributed by atoms with E-state index in [4.69, 9.17) is 0 Å². The van der Waals surface area contributed by atoms with Gasteiger partial charge in [-0.3, -0.25) is 4.79 Å². The van der Waals surface area contributed by atoms with Crippen LogP contribution in [0.5, 0.6) is 0 Å². The van der Waals surface area contributed by atoms with E-state index in [1.54, 1.807) is 0 Å². The zero-order chi connectivity index (χ0) is 14.0. The third kappa shape index (κ3) is 2.61. The predicted octanol–water partition coefficient (Wildman–Crippen LogP) is 1.80. The van der Waals surface area contributed by atoms with Crippen molar-refractivity contribution in [1.29, 1.82) is 0 Å². The Morgan fingerprint density at radius 1 is 1.61 bits per heavy atom. The molecule has 1 aromatic rings. The Morgan fingerprint density at radius 3 is 2.67 bits per heavy atom. The van der Waals surface area contributed by atoms with Gasteiger partial charge in [0.2, 0.25) is 5.60 Å². The van der Waals surface area contributed by atoms with Crippen molar-refractivity contribution in [3.8, 4) is 0 Å². The summed E-state index contributed by atoms with van der Waals surface area (Å²) in [5.41, 5.74) is -3.27. The molecule has 1 heterocycles. The zero-order valence-electron chi connectivity index (χ0n) is 9.74. The van der Waals surface area contributed by atoms with Gasteiger partial charge in [0, 0.05) is 18.9 Å². The molecule has 0 radical (unpaired) electrons. The van der Waals surface area contributed by atoms with Crippen molar-refractivity contribution < 1.29 is 23.1 Å². The smallest absolute Gasteiger partial charge is 0.374 e. The van der Waals surface area contributed by atoms with Gasteiger partial charge < -0.3 is 9.67 Å². The van der Waals surface area contributed by atoms with Crippen LogP contribution in [0.1, 0.15) is 19.2 Å². The van der Waals surface area contributed by atoms with E-state index in [2.05, 4.69) is 11.6 Å². The molecule has 4 nitrogen and oxygen atoms in total. The Hall–Kier alpha value is -1.63. The molecule has 0 bridgehead atoms. The second-order valence-electron chi connectivity index (χ2n) is 3.93. The van der Waals surface area contributed by atoms with E-state index in [1.807, 2.05) is 0 Å². The molecule has 0 aromatic carbocycles. The molecule has 100 valence electrons. The molecule has 0 saturated heterocycles. The average Bonchev–Trinajstić information content (AvgIpc) is 2.63. The number of hydrogen-bond donors (Lipinski definition) is 1. The molecule has 0 spiro atoms. The third-order valence-electron chi connectivity index (χ3n) is 2.38. The van der Waals surface area contributed by atoms with Gasteiger partial charge in [-0.2, -0.15) is 13.2 Å². The summed E-state index contributed by atoms with van der Waals surface area (Å²) in [5, 5.41) is 9.82. The number of ketones is 1. The van der Waals surface area contributed by atoms with E-state index in [1.165, 1.54) is 12.3 Å². The van der Waals surface area contributed by atoms with Crippen LogP contribution in [0.2, 0.25) is 0 Å². The lowest BCUT2D eigenvalue weighted by molar-refractivity contribution is -0.270. The van der Waals surface area contributed by atoms with Crippen molar-refractivity contribution in [1.82, 2.24) is 9.55 Å². The molecule has 0 aliphatic carbocycles. The summed E-state index contributed by atoms with van der Waals surface area (Å²) in [6.45, 7) is 4.45. The largest absolute Gasteiger partial charge is 0.424 e. The van der Waals surface area contributed by atoms with Gasteiger partial charge >= 0.3 is 6.18 Å². The molecule has 7 heteroatoms. The molecule has 1 N–H and O–H groups in total. The zero-order valence-corrected chi connectivity index (χ0v) is 9.74. The van der Waals surface area contributed by atoms with Crippen LogP contribution in [-0.4, -0.2) is 26.6 Å². The van der Waals surface area contributed by atoms with E-state index in [9.17, 15) is 23.1 Å². The van der Waals surface area contributed by atoms with E-state index >= 15 is 0 Å². The van der Waals surface area contributed by atoms with Gasteiger partial charge in [-0.25, -0.2) is 4.98 Å². The van der Waals surface area contributed by atoms with E-state index in [0.29, 0.717) is 0 Å². The Bertz CT molecular complexity index is 453. The number of halogens is 3. The van der Waals surface area contributed by atoms with Gasteiger partial charge in [0.25, 0.3) is 0 Å². The van der Waals surface area contributed by atoms with Crippen LogP contribution >= 0.6 is 0 Å². The highest BCUT2D eigenvalue weighted by Crippen LogP contribution is 2.40. The van der Waals surface area contributed by atoms with E-state index in [-0.39, 0.29) is 6.54 Å². The quantitative estimate of drug-likeness (QED) is 0.823. The topological polar surface area (TPSA) is 55.1 Å². The summed E-state index contributed by atoms with van der Waals surface area (Å²) in [6, 6.07) is 0. The maximum absolute atomic E-state index is 13.0. The van der Waals surface area contributed by atoms with Gasteiger partial charge in [-0.1, -0.05) is 6.08 Å². The molecule has 1 rings (SSSR count). The predicted molar refractivity (Wildman–Crippen MR) is 57.7 cm³/mol. The normalized spacial score (nSPS) is 15.2. The first-order valence-electron chi connectivity index (χ1n) is 5.13. The van der Waals surface area contributed by atoms with Crippen LogP contribution < -0.4 is 0 Å². The lowest BCUT2D eigenvalue weighted by Crippen LogP contribution is -2.45. The van der Waals surface area contributed by atoms with Crippen LogP contribution in [0, 0.1) is 0 Å². The maximum atomic E-state index is 13.0. The number of hydrogen-bond acceptors (Lipinski definition) is 3. The molecular formula is C11H13F3N2O2. The summed E-state index contributed by atoms with van der Waals surface area (Å²) < 4.78 is 40.0. The molecule has 0 unspecified atom stereocenters. The fourth-order valence-electron chi connectivity index (χ4n) is 1.63. The number of carbonyl (C=O) groups is 1. The van der Waals surface area contributed by atoms with Gasteiger partial charge in [0.15, 0.2) is 5.82 Å². The number of rotatable bonds is 5. The minimum absolute atomic E-state index is 0.0611. The van der Waals surface area contributed by atoms with E-state index in [0.717, 1.165) is 17.7 Å². The summed E-state index contributed by atoms with van der Waals surface area (Å²) >= 11 is 0. The Labute approximate surface area is 102 Å². The molecule has 0 saturated carbocycles. The third-order valence-corrected chi connectivity index (χ3v) is 2.38. The number of aliphatic hydroxyl groups is 1. The first-order chi connectivity index (χ1) is 8.22. The number of carbonyl (C=O) groups excluding carboxylic acids is 1. The number of allylic oxidation sites excluding steroid dienone is 1. The van der Waals surface area contributed by atoms with Crippen molar-refractivity contribution in [3.63, 3.8) is 0 Å². The SMILES string of the molecule is C=CCn1ccnc1[C@](O)(CC(C)=O)C(F)(F)F. The van der Waals surface area contributed by atoms with Gasteiger partial charge in [-0.15, -0.1) is 6.58 Å². The Balaban J connectivity index is 3.30. The van der Waals surface area contributed by atoms with Crippen molar-refractivity contribution in [2.45, 2.75) is 31.7 Å². The summed E-state index contributed by atoms with van der Waals surface area (Å²) in [6.07, 6.45) is -2.26. The average molecular weight is 262 g/mol. The fourth-order valence-corrected chi connectivity index (χ4v) is 1.63. The summed E-state index contributed by atoms with van der Waals surface area (Å²) in [4.78, 5) is 14.5. The second kappa shape index (κ2) is 4.93. The van der Waals surface area contributed by atoms with Gasteiger partial charge in [0.1, 0.15) is 5.78 Å². The summed E-state index contributed by atoms with van der Waals surface area (Å²) in [7, 11) is 0. The van der Waals surface area contributed by atoms with Crippen molar-refractivity contribution in [2.24, 2.45) is 0 Å². The van der Waals surface area contributed by atoms with Crippen LogP contribution in [0.15, 0.2) is 25.0 Å². The maximum Gasteiger partial charge on any atom is 0.424 e. The number of imidazole rings is 1. The van der Waals surface area contributed by atoms with Crippen molar-refractivity contribution in [2.75, 3.05) is 0 Å². The highest BCUT2D eigenvalue weighted by Gasteiger charge is 2.58. The highest BCUT2D eigenvalue weighted by atomic mass is 19.4. The van der Waals surface area contributed by atoms with Crippen LogP contribution in [0.4, 0.5) is 13.2 Å². The second-order valence-corrected chi connectivity index (χ2v) is 3.93. The molecule has 1 aromatic heterocycles. The molecule has 18 heavy (non-hydrogen) atoms. The molecular weight excluding hydrogens is 249 g/mol. The monoisotopic (exact) mass is 262 g/mol. The molecule has 1 atom stereocenters. The highest BCUT2D eigenvalue weighted by molar-refractivity contribution is 5.76. The van der Waals surface area contributed by atoms with E-state index < -0.39 is 29.8 Å². The minimum Gasteiger partial charge on any atom is -0.374 e. The van der Waals surface area contributed by atoms with Crippen LogP contribution in [0.3, 0.4) is 0 Å². The fraction of sp³-hybridized carbons (Fsp3) is 0.455. The number of alkyl halides is 3. The first-order valence-corrected chi connectivity index (χ1v) is 5.13. The summed E-state index contributed by atoms with van der Waals surface area (Å²) in [5.74, 6) is -1.38. The number of nitrogens with zero attached hydrogens (tertiary/aromatic N) is 2. The van der Waals surface area contributed by atoms with Crippen molar-refractivity contribution in [3.05, 3.63) is 30.9 Å². The first kappa shape index (κ1) is 14.4. The molecule has 0 fully saturated rings. The number of aromatic nitrogens is 2. The lowest BCUT2D eigenvalue weighted by atomic mass is 9.95. The Kier molecular flexibility index (Phi) is 3.95. The van der Waals surface area contributed by atoms with Gasteiger partial charge in [-0.05, 0) is 6.92 Å². The molecule has 0 amide bonds. The lowest BCUT2D eigenvalue weighted by Gasteiger charge is -2.29. The van der Waals surface area contributed by atoms with Crippen LogP contribution in [-0.2, 0) is 16.9 Å². The van der Waals surface area contributed by atoms with Crippen LogP contribution in [0.25, 0.3) is 0 Å². The Morgan fingerprint density at radius 2 is 2.22 bits per heavy atom. The molecule has 0 aliphatic rings.